The average molecular weight is 298 g/mol. The Morgan fingerprint density at radius 3 is 2.55 bits per heavy atom. The van der Waals surface area contributed by atoms with Gasteiger partial charge in [-0.1, -0.05) is 18.2 Å². The molecule has 0 amide bonds. The summed E-state index contributed by atoms with van der Waals surface area (Å²) >= 11 is 0. The van der Waals surface area contributed by atoms with Gasteiger partial charge in [-0.2, -0.15) is 0 Å². The molecule has 3 N–H and O–H groups in total. The van der Waals surface area contributed by atoms with Gasteiger partial charge in [0.15, 0.2) is 0 Å². The third-order valence-electron chi connectivity index (χ3n) is 3.53. The highest BCUT2D eigenvalue weighted by Crippen LogP contribution is 2.34. The first-order valence-electron chi connectivity index (χ1n) is 6.79. The molecule has 3 rings (SSSR count). The number of benzene rings is 2. The average Bonchev–Trinajstić information content (AvgIpc) is 2.49. The van der Waals surface area contributed by atoms with Crippen molar-refractivity contribution in [1.29, 1.82) is 0 Å². The van der Waals surface area contributed by atoms with E-state index in [-0.39, 0.29) is 35.7 Å². The molecule has 3 aromatic rings. The van der Waals surface area contributed by atoms with Crippen molar-refractivity contribution < 1.29 is 19.7 Å². The molecule has 2 aromatic carbocycles. The molecule has 1 aromatic heterocycles. The normalized spacial score (nSPS) is 11.0. The van der Waals surface area contributed by atoms with E-state index in [2.05, 4.69) is 0 Å². The van der Waals surface area contributed by atoms with Crippen LogP contribution in [0.3, 0.4) is 0 Å². The molecule has 0 atom stereocenters. The van der Waals surface area contributed by atoms with Gasteiger partial charge in [0, 0.05) is 23.6 Å². The standard InChI is InChI=1S/C17H14O5/c18-8-7-12-11-3-1-2-4-15(11)22-17(21)16(12)13-6-5-10(19)9-14(13)20/h1-6,9,18-20H,7-8H2. The summed E-state index contributed by atoms with van der Waals surface area (Å²) in [5.41, 5.74) is 0.905. The number of hydrogen-bond donors (Lipinski definition) is 3. The Bertz CT molecular complexity index is 895. The van der Waals surface area contributed by atoms with Crippen LogP contribution in [-0.2, 0) is 6.42 Å². The van der Waals surface area contributed by atoms with Gasteiger partial charge in [-0.25, -0.2) is 4.79 Å². The molecule has 0 aliphatic heterocycles. The SMILES string of the molecule is O=c1oc2ccccc2c(CCO)c1-c1ccc(O)cc1O. The Morgan fingerprint density at radius 2 is 1.82 bits per heavy atom. The molecule has 112 valence electrons. The van der Waals surface area contributed by atoms with Crippen molar-refractivity contribution >= 4 is 11.0 Å². The second kappa shape index (κ2) is 5.54. The molecule has 0 unspecified atom stereocenters. The molecule has 0 fully saturated rings. The highest BCUT2D eigenvalue weighted by molar-refractivity contribution is 5.88. The number of phenolic OH excluding ortho intramolecular Hbond substituents is 2. The smallest absolute Gasteiger partial charge is 0.344 e. The van der Waals surface area contributed by atoms with Crippen LogP contribution in [0.25, 0.3) is 22.1 Å². The van der Waals surface area contributed by atoms with Gasteiger partial charge in [-0.15, -0.1) is 0 Å². The third kappa shape index (κ3) is 2.31. The minimum absolute atomic E-state index is 0.102. The summed E-state index contributed by atoms with van der Waals surface area (Å²) in [4.78, 5) is 12.3. The minimum atomic E-state index is -0.594. The Morgan fingerprint density at radius 1 is 1.05 bits per heavy atom. The second-order valence-corrected chi connectivity index (χ2v) is 4.91. The van der Waals surface area contributed by atoms with Gasteiger partial charge in [0.2, 0.25) is 0 Å². The van der Waals surface area contributed by atoms with Crippen molar-refractivity contribution in [2.75, 3.05) is 6.61 Å². The van der Waals surface area contributed by atoms with E-state index in [1.807, 2.05) is 6.07 Å². The number of para-hydroxylation sites is 1. The largest absolute Gasteiger partial charge is 0.508 e. The van der Waals surface area contributed by atoms with E-state index in [1.165, 1.54) is 12.1 Å². The fourth-order valence-corrected chi connectivity index (χ4v) is 2.59. The predicted molar refractivity (Wildman–Crippen MR) is 82.0 cm³/mol. The zero-order chi connectivity index (χ0) is 15.7. The fourth-order valence-electron chi connectivity index (χ4n) is 2.59. The van der Waals surface area contributed by atoms with E-state index < -0.39 is 5.63 Å². The minimum Gasteiger partial charge on any atom is -0.508 e. The quantitative estimate of drug-likeness (QED) is 0.646. The van der Waals surface area contributed by atoms with Crippen molar-refractivity contribution in [3.8, 4) is 22.6 Å². The topological polar surface area (TPSA) is 90.9 Å². The van der Waals surface area contributed by atoms with Gasteiger partial charge in [0.05, 0.1) is 5.56 Å². The monoisotopic (exact) mass is 298 g/mol. The van der Waals surface area contributed by atoms with E-state index >= 15 is 0 Å². The molecule has 22 heavy (non-hydrogen) atoms. The molecule has 5 nitrogen and oxygen atoms in total. The maximum absolute atomic E-state index is 12.3. The van der Waals surface area contributed by atoms with Gasteiger partial charge in [0.1, 0.15) is 17.1 Å². The summed E-state index contributed by atoms with van der Waals surface area (Å²) in [5, 5.41) is 29.5. The number of hydrogen-bond acceptors (Lipinski definition) is 5. The lowest BCUT2D eigenvalue weighted by Gasteiger charge is -2.12. The molecule has 5 heteroatoms. The van der Waals surface area contributed by atoms with Crippen LogP contribution >= 0.6 is 0 Å². The van der Waals surface area contributed by atoms with Crippen molar-refractivity contribution in [3.05, 3.63) is 58.4 Å². The first-order valence-corrected chi connectivity index (χ1v) is 6.79. The molecular formula is C17H14O5. The molecule has 0 bridgehead atoms. The number of fused-ring (bicyclic) bond motifs is 1. The van der Waals surface area contributed by atoms with E-state index in [9.17, 15) is 20.1 Å². The molecule has 0 spiro atoms. The molecule has 0 aliphatic carbocycles. The number of rotatable bonds is 3. The van der Waals surface area contributed by atoms with Gasteiger partial charge in [-0.05, 0) is 30.2 Å². The van der Waals surface area contributed by atoms with Crippen LogP contribution in [0, 0.1) is 0 Å². The van der Waals surface area contributed by atoms with Gasteiger partial charge >= 0.3 is 5.63 Å². The highest BCUT2D eigenvalue weighted by atomic mass is 16.4. The molecule has 1 heterocycles. The lowest BCUT2D eigenvalue weighted by Crippen LogP contribution is -2.09. The van der Waals surface area contributed by atoms with Crippen LogP contribution in [0.4, 0.5) is 0 Å². The van der Waals surface area contributed by atoms with Gasteiger partial charge < -0.3 is 19.7 Å². The zero-order valence-corrected chi connectivity index (χ0v) is 11.6. The Hall–Kier alpha value is -2.79. The Kier molecular flexibility index (Phi) is 3.56. The number of aliphatic hydroxyl groups is 1. The first kappa shape index (κ1) is 14.2. The van der Waals surface area contributed by atoms with E-state index in [1.54, 1.807) is 18.2 Å². The Labute approximate surface area is 125 Å². The van der Waals surface area contributed by atoms with Crippen LogP contribution < -0.4 is 5.63 Å². The van der Waals surface area contributed by atoms with Crippen molar-refractivity contribution in [2.24, 2.45) is 0 Å². The number of phenols is 2. The third-order valence-corrected chi connectivity index (χ3v) is 3.53. The summed E-state index contributed by atoms with van der Waals surface area (Å²) in [5.74, 6) is -0.322. The van der Waals surface area contributed by atoms with E-state index in [4.69, 9.17) is 4.42 Å². The summed E-state index contributed by atoms with van der Waals surface area (Å²) in [6.07, 6.45) is 0.252. The highest BCUT2D eigenvalue weighted by Gasteiger charge is 2.18. The van der Waals surface area contributed by atoms with Crippen molar-refractivity contribution in [3.63, 3.8) is 0 Å². The maximum atomic E-state index is 12.3. The second-order valence-electron chi connectivity index (χ2n) is 4.91. The Balaban J connectivity index is 2.39. The first-order chi connectivity index (χ1) is 10.6. The van der Waals surface area contributed by atoms with E-state index in [0.29, 0.717) is 16.5 Å². The number of aliphatic hydroxyl groups excluding tert-OH is 1. The summed E-state index contributed by atoms with van der Waals surface area (Å²) < 4.78 is 5.31. The summed E-state index contributed by atoms with van der Waals surface area (Å²) in [6, 6.07) is 11.0. The molecular weight excluding hydrogens is 284 g/mol. The fraction of sp³-hybridized carbons (Fsp3) is 0.118. The maximum Gasteiger partial charge on any atom is 0.344 e. The molecule has 0 aliphatic rings. The summed E-state index contributed by atoms with van der Waals surface area (Å²) in [6.45, 7) is -0.140. The van der Waals surface area contributed by atoms with Gasteiger partial charge in [-0.3, -0.25) is 0 Å². The number of aromatic hydroxyl groups is 2. The van der Waals surface area contributed by atoms with Crippen molar-refractivity contribution in [1.82, 2.24) is 0 Å². The zero-order valence-electron chi connectivity index (χ0n) is 11.6. The molecule has 0 radical (unpaired) electrons. The predicted octanol–water partition coefficient (Wildman–Crippen LogP) is 2.41. The van der Waals surface area contributed by atoms with Crippen LogP contribution in [0.1, 0.15) is 5.56 Å². The lowest BCUT2D eigenvalue weighted by molar-refractivity contribution is 0.300. The molecule has 0 saturated carbocycles. The lowest BCUT2D eigenvalue weighted by atomic mass is 9.96. The van der Waals surface area contributed by atoms with Crippen LogP contribution in [0.2, 0.25) is 0 Å². The molecule has 0 saturated heterocycles. The van der Waals surface area contributed by atoms with E-state index in [0.717, 1.165) is 6.07 Å². The van der Waals surface area contributed by atoms with Crippen LogP contribution in [0.5, 0.6) is 11.5 Å². The van der Waals surface area contributed by atoms with Crippen molar-refractivity contribution in [2.45, 2.75) is 6.42 Å². The summed E-state index contributed by atoms with van der Waals surface area (Å²) in [7, 11) is 0. The van der Waals surface area contributed by atoms with Crippen LogP contribution in [-0.4, -0.2) is 21.9 Å². The van der Waals surface area contributed by atoms with Gasteiger partial charge in [0.25, 0.3) is 0 Å². The van der Waals surface area contributed by atoms with Crippen LogP contribution in [0.15, 0.2) is 51.7 Å².